The predicted octanol–water partition coefficient (Wildman–Crippen LogP) is 3.48. The van der Waals surface area contributed by atoms with Crippen LogP contribution in [-0.4, -0.2) is 97.7 Å². The number of rotatable bonds is 14. The Bertz CT molecular complexity index is 2030. The molecule has 0 bridgehead atoms. The number of fused-ring (bicyclic) bond motifs is 1. The van der Waals surface area contributed by atoms with Gasteiger partial charge in [0.2, 0.25) is 27.7 Å². The van der Waals surface area contributed by atoms with Crippen LogP contribution in [0.2, 0.25) is 0 Å². The quantitative estimate of drug-likeness (QED) is 0.206. The van der Waals surface area contributed by atoms with E-state index < -0.39 is 62.6 Å². The fourth-order valence-corrected chi connectivity index (χ4v) is 8.57. The SMILES string of the molecule is C=C[C@@H]1C[C@@]1(C(=O)NS(=O)(=O)C1CC1)N1C[C@H](Oc2nc(N(C)C)cc3cc(OC)ccc23)C[C@H]1C(=O)NC(=O)C(Nc1cc(C)cc(C)n1)C(C)C. The number of aromatic nitrogens is 2. The van der Waals surface area contributed by atoms with Gasteiger partial charge in [-0.3, -0.25) is 29.3 Å². The summed E-state index contributed by atoms with van der Waals surface area (Å²) < 4.78 is 40.3. The number of imide groups is 1. The second kappa shape index (κ2) is 14.6. The zero-order chi connectivity index (χ0) is 38.4. The van der Waals surface area contributed by atoms with Gasteiger partial charge < -0.3 is 19.7 Å². The van der Waals surface area contributed by atoms with Gasteiger partial charge in [-0.1, -0.05) is 19.9 Å². The van der Waals surface area contributed by atoms with Crippen LogP contribution in [-0.2, 0) is 24.4 Å². The number of sulfonamides is 1. The van der Waals surface area contributed by atoms with E-state index in [2.05, 4.69) is 26.9 Å². The average Bonchev–Trinajstić information content (AvgIpc) is 4.02. The summed E-state index contributed by atoms with van der Waals surface area (Å²) in [6.45, 7) is 11.5. The summed E-state index contributed by atoms with van der Waals surface area (Å²) in [4.78, 5) is 55.0. The van der Waals surface area contributed by atoms with Crippen molar-refractivity contribution in [3.05, 3.63) is 60.3 Å². The molecule has 0 radical (unpaired) electrons. The summed E-state index contributed by atoms with van der Waals surface area (Å²) in [5.74, 6) is -0.424. The number of anilines is 2. The lowest BCUT2D eigenvalue weighted by molar-refractivity contribution is -0.136. The lowest BCUT2D eigenvalue weighted by atomic mass is 10.0. The number of likely N-dealkylation sites (tertiary alicyclic amines) is 1. The Kier molecular flexibility index (Phi) is 10.4. The van der Waals surface area contributed by atoms with Crippen molar-refractivity contribution in [3.8, 4) is 11.6 Å². The number of hydrogen-bond acceptors (Lipinski definition) is 12. The number of nitrogens with one attached hydrogen (secondary N) is 3. The topological polar surface area (TPSA) is 172 Å². The molecule has 284 valence electrons. The Hall–Kier alpha value is -4.76. The van der Waals surface area contributed by atoms with E-state index >= 15 is 0 Å². The van der Waals surface area contributed by atoms with Gasteiger partial charge in [-0.25, -0.2) is 13.4 Å². The number of methoxy groups -OCH3 is 1. The Morgan fingerprint density at radius 3 is 2.43 bits per heavy atom. The van der Waals surface area contributed by atoms with Gasteiger partial charge in [0.15, 0.2) is 0 Å². The van der Waals surface area contributed by atoms with Crippen LogP contribution >= 0.6 is 0 Å². The predicted molar refractivity (Wildman–Crippen MR) is 202 cm³/mol. The lowest BCUT2D eigenvalue weighted by Gasteiger charge is -2.32. The smallest absolute Gasteiger partial charge is 0.254 e. The van der Waals surface area contributed by atoms with Gasteiger partial charge in [0, 0.05) is 44.1 Å². The normalized spacial score (nSPS) is 23.3. The molecule has 3 fully saturated rings. The zero-order valence-corrected chi connectivity index (χ0v) is 32.1. The number of ether oxygens (including phenoxy) is 2. The third-order valence-electron chi connectivity index (χ3n) is 10.3. The minimum atomic E-state index is -3.89. The number of aryl methyl sites for hydroxylation is 2. The molecule has 3 aliphatic rings. The molecular formula is C38H49N7O7S. The van der Waals surface area contributed by atoms with E-state index in [4.69, 9.17) is 14.5 Å². The molecule has 0 spiro atoms. The maximum atomic E-state index is 14.3. The summed E-state index contributed by atoms with van der Waals surface area (Å²) in [6.07, 6.45) is 2.25. The number of hydrogen-bond donors (Lipinski definition) is 3. The van der Waals surface area contributed by atoms with Crippen LogP contribution < -0.4 is 29.7 Å². The first-order chi connectivity index (χ1) is 25.1. The van der Waals surface area contributed by atoms with Gasteiger partial charge in [-0.2, -0.15) is 4.98 Å². The minimum Gasteiger partial charge on any atom is -0.497 e. The molecule has 2 aliphatic carbocycles. The molecule has 15 heteroatoms. The summed E-state index contributed by atoms with van der Waals surface area (Å²) in [7, 11) is 1.42. The van der Waals surface area contributed by atoms with Gasteiger partial charge in [-0.05, 0) is 86.4 Å². The fourth-order valence-electron chi connectivity index (χ4n) is 7.21. The average molecular weight is 748 g/mol. The molecule has 1 unspecified atom stereocenters. The molecule has 3 amide bonds. The maximum Gasteiger partial charge on any atom is 0.254 e. The van der Waals surface area contributed by atoms with Crippen LogP contribution in [0.15, 0.2) is 49.1 Å². The molecule has 2 aromatic heterocycles. The van der Waals surface area contributed by atoms with Crippen LogP contribution in [0.1, 0.15) is 50.8 Å². The lowest BCUT2D eigenvalue weighted by Crippen LogP contribution is -2.58. The van der Waals surface area contributed by atoms with E-state index in [0.29, 0.717) is 36.1 Å². The van der Waals surface area contributed by atoms with Crippen LogP contribution in [0, 0.1) is 25.7 Å². The minimum absolute atomic E-state index is 0.0807. The molecule has 3 heterocycles. The molecule has 14 nitrogen and oxygen atoms in total. The first-order valence-electron chi connectivity index (χ1n) is 17.9. The molecule has 1 aliphatic heterocycles. The van der Waals surface area contributed by atoms with Gasteiger partial charge in [0.1, 0.15) is 35.1 Å². The monoisotopic (exact) mass is 747 g/mol. The highest BCUT2D eigenvalue weighted by Gasteiger charge is 2.67. The van der Waals surface area contributed by atoms with Crippen molar-refractivity contribution in [1.29, 1.82) is 0 Å². The van der Waals surface area contributed by atoms with Crippen LogP contribution in [0.4, 0.5) is 11.6 Å². The Morgan fingerprint density at radius 2 is 1.83 bits per heavy atom. The van der Waals surface area contributed by atoms with Gasteiger partial charge in [0.05, 0.1) is 18.4 Å². The maximum absolute atomic E-state index is 14.3. The first kappa shape index (κ1) is 38.0. The van der Waals surface area contributed by atoms with Crippen molar-refractivity contribution < 1.29 is 32.3 Å². The van der Waals surface area contributed by atoms with E-state index in [1.54, 1.807) is 24.2 Å². The molecule has 5 atom stereocenters. The Morgan fingerprint density at radius 1 is 1.09 bits per heavy atom. The zero-order valence-electron chi connectivity index (χ0n) is 31.3. The van der Waals surface area contributed by atoms with Gasteiger partial charge in [-0.15, -0.1) is 6.58 Å². The largest absolute Gasteiger partial charge is 0.497 e. The van der Waals surface area contributed by atoms with Crippen LogP contribution in [0.3, 0.4) is 0 Å². The van der Waals surface area contributed by atoms with Crippen molar-refractivity contribution in [2.75, 3.05) is 38.0 Å². The van der Waals surface area contributed by atoms with E-state index in [1.165, 1.54) is 0 Å². The highest BCUT2D eigenvalue weighted by atomic mass is 32.2. The first-order valence-corrected chi connectivity index (χ1v) is 19.5. The van der Waals surface area contributed by atoms with Gasteiger partial charge >= 0.3 is 0 Å². The van der Waals surface area contributed by atoms with E-state index in [-0.39, 0.29) is 25.3 Å². The highest BCUT2D eigenvalue weighted by molar-refractivity contribution is 7.91. The van der Waals surface area contributed by atoms with Crippen molar-refractivity contribution in [3.63, 3.8) is 0 Å². The molecule has 6 rings (SSSR count). The number of carbonyl (C=O) groups excluding carboxylic acids is 3. The number of nitrogens with zero attached hydrogens (tertiary/aromatic N) is 4. The van der Waals surface area contributed by atoms with E-state index in [9.17, 15) is 22.8 Å². The third-order valence-corrected chi connectivity index (χ3v) is 12.1. The second-order valence-electron chi connectivity index (χ2n) is 14.9. The van der Waals surface area contributed by atoms with Gasteiger partial charge in [0.25, 0.3) is 5.91 Å². The van der Waals surface area contributed by atoms with Crippen molar-refractivity contribution >= 4 is 50.2 Å². The molecule has 3 N–H and O–H groups in total. The highest BCUT2D eigenvalue weighted by Crippen LogP contribution is 2.53. The number of pyridine rings is 2. The van der Waals surface area contributed by atoms with Crippen molar-refractivity contribution in [2.24, 2.45) is 11.8 Å². The van der Waals surface area contributed by atoms with Crippen LogP contribution in [0.25, 0.3) is 10.8 Å². The molecule has 3 aromatic rings. The summed E-state index contributed by atoms with van der Waals surface area (Å²) in [5, 5.41) is 6.72. The van der Waals surface area contributed by atoms with Crippen LogP contribution in [0.5, 0.6) is 11.6 Å². The standard InChI is InChI=1S/C38H49N7O7S/c1-9-25-19-38(25,37(48)43-53(49,50)28-11-12-28)45-20-27(52-36-29-13-10-26(51-8)16-24(29)17-32(41-36)44(6)7)18-30(45)34(46)42-35(47)33(21(2)3)40-31-15-22(4)14-23(5)39-31/h9-10,13-17,21,25,27-28,30,33H,1,11-12,18-20H2,2-8H3,(H,39,40)(H,43,48)(H,42,46,47)/t25-,27-,30+,33?,38-/m1/s1. The molecular weight excluding hydrogens is 699 g/mol. The Labute approximate surface area is 310 Å². The summed E-state index contributed by atoms with van der Waals surface area (Å²) >= 11 is 0. The van der Waals surface area contributed by atoms with E-state index in [0.717, 1.165) is 22.0 Å². The van der Waals surface area contributed by atoms with E-state index in [1.807, 2.05) is 77.0 Å². The third kappa shape index (κ3) is 7.81. The molecule has 1 saturated heterocycles. The number of amides is 3. The molecule has 1 aromatic carbocycles. The van der Waals surface area contributed by atoms with Crippen molar-refractivity contribution in [2.45, 2.75) is 82.4 Å². The number of benzene rings is 1. The Balaban J connectivity index is 1.32. The summed E-state index contributed by atoms with van der Waals surface area (Å²) in [5.41, 5.74) is 0.364. The molecule has 53 heavy (non-hydrogen) atoms. The summed E-state index contributed by atoms with van der Waals surface area (Å²) in [6, 6.07) is 9.37. The fraction of sp³-hybridized carbons (Fsp3) is 0.500. The molecule has 2 saturated carbocycles. The second-order valence-corrected chi connectivity index (χ2v) is 16.9. The van der Waals surface area contributed by atoms with Crippen molar-refractivity contribution in [1.82, 2.24) is 24.9 Å². The number of carbonyl (C=O) groups is 3.